The molecule has 5 rings (SSSR count). The summed E-state index contributed by atoms with van der Waals surface area (Å²) in [7, 11) is 3.41. The van der Waals surface area contributed by atoms with E-state index in [4.69, 9.17) is 9.47 Å². The number of nitrogens with zero attached hydrogens (tertiary/aromatic N) is 1. The minimum Gasteiger partial charge on any atom is -0.497 e. The molecule has 0 amide bonds. The van der Waals surface area contributed by atoms with Crippen LogP contribution in [-0.2, 0) is 0 Å². The van der Waals surface area contributed by atoms with Crippen molar-refractivity contribution in [1.29, 1.82) is 0 Å². The lowest BCUT2D eigenvalue weighted by Crippen LogP contribution is -2.25. The average Bonchev–Trinajstić information content (AvgIpc) is 3.30. The van der Waals surface area contributed by atoms with Gasteiger partial charge in [-0.15, -0.1) is 0 Å². The van der Waals surface area contributed by atoms with E-state index in [9.17, 15) is 0 Å². The van der Waals surface area contributed by atoms with Crippen molar-refractivity contribution in [3.63, 3.8) is 0 Å². The average molecular weight is 462 g/mol. The fourth-order valence-electron chi connectivity index (χ4n) is 4.88. The molecule has 2 atom stereocenters. The Labute approximate surface area is 208 Å². The van der Waals surface area contributed by atoms with E-state index < -0.39 is 0 Å². The summed E-state index contributed by atoms with van der Waals surface area (Å²) < 4.78 is 10.9. The first-order valence-corrected chi connectivity index (χ1v) is 12.0. The maximum Gasteiger partial charge on any atom is 0.118 e. The van der Waals surface area contributed by atoms with Gasteiger partial charge in [-0.1, -0.05) is 65.7 Å². The van der Waals surface area contributed by atoms with Crippen LogP contribution in [0, 0.1) is 13.8 Å². The number of hydrogen-bond donors (Lipinski definition) is 0. The van der Waals surface area contributed by atoms with E-state index in [0.717, 1.165) is 11.5 Å². The zero-order valence-corrected chi connectivity index (χ0v) is 20.7. The van der Waals surface area contributed by atoms with Gasteiger partial charge in [-0.25, -0.2) is 0 Å². The Morgan fingerprint density at radius 1 is 0.571 bits per heavy atom. The van der Waals surface area contributed by atoms with Gasteiger partial charge >= 0.3 is 0 Å². The highest BCUT2D eigenvalue weighted by Crippen LogP contribution is 2.50. The molecule has 0 spiro atoms. The Bertz CT molecular complexity index is 1300. The SMILES string of the molecule is COc1ccc(C2=CC(c3ccc(C)cc3)C(c3ccc(OC)cc3)N2c2ccc(C)cc2)cc1. The minimum absolute atomic E-state index is 0.100. The molecule has 0 fully saturated rings. The molecule has 2 unspecified atom stereocenters. The fourth-order valence-corrected chi connectivity index (χ4v) is 4.88. The second-order valence-corrected chi connectivity index (χ2v) is 9.14. The van der Waals surface area contributed by atoms with Crippen molar-refractivity contribution in [2.75, 3.05) is 19.1 Å². The monoisotopic (exact) mass is 461 g/mol. The molecule has 1 heterocycles. The lowest BCUT2D eigenvalue weighted by atomic mass is 9.87. The molecule has 1 aliphatic rings. The van der Waals surface area contributed by atoms with Crippen molar-refractivity contribution in [2.24, 2.45) is 0 Å². The van der Waals surface area contributed by atoms with Crippen LogP contribution in [-0.4, -0.2) is 14.2 Å². The number of aryl methyl sites for hydroxylation is 2. The van der Waals surface area contributed by atoms with Crippen molar-refractivity contribution in [3.05, 3.63) is 131 Å². The van der Waals surface area contributed by atoms with Gasteiger partial charge in [-0.3, -0.25) is 0 Å². The van der Waals surface area contributed by atoms with E-state index in [1.807, 2.05) is 12.1 Å². The van der Waals surface area contributed by atoms with E-state index in [0.29, 0.717) is 0 Å². The number of methoxy groups -OCH3 is 2. The molecule has 0 N–H and O–H groups in total. The number of anilines is 1. The normalized spacial score (nSPS) is 17.3. The van der Waals surface area contributed by atoms with Crippen molar-refractivity contribution in [1.82, 2.24) is 0 Å². The lowest BCUT2D eigenvalue weighted by molar-refractivity contribution is 0.414. The third-order valence-electron chi connectivity index (χ3n) is 6.83. The first-order chi connectivity index (χ1) is 17.1. The molecular formula is C32H31NO2. The Morgan fingerprint density at radius 3 is 1.60 bits per heavy atom. The topological polar surface area (TPSA) is 21.7 Å². The van der Waals surface area contributed by atoms with Crippen molar-refractivity contribution in [3.8, 4) is 11.5 Å². The highest BCUT2D eigenvalue weighted by atomic mass is 16.5. The molecule has 0 aromatic heterocycles. The fraction of sp³-hybridized carbons (Fsp3) is 0.188. The molecular weight excluding hydrogens is 430 g/mol. The van der Waals surface area contributed by atoms with Crippen molar-refractivity contribution < 1.29 is 9.47 Å². The number of rotatable bonds is 6. The smallest absolute Gasteiger partial charge is 0.118 e. The summed E-state index contributed by atoms with van der Waals surface area (Å²) in [5, 5.41) is 0. The van der Waals surface area contributed by atoms with Gasteiger partial charge < -0.3 is 14.4 Å². The predicted molar refractivity (Wildman–Crippen MR) is 144 cm³/mol. The Kier molecular flexibility index (Phi) is 6.33. The molecule has 4 aromatic rings. The third-order valence-corrected chi connectivity index (χ3v) is 6.83. The highest BCUT2D eigenvalue weighted by molar-refractivity contribution is 5.84. The molecule has 3 nitrogen and oxygen atoms in total. The summed E-state index contributed by atoms with van der Waals surface area (Å²) in [5.41, 5.74) is 8.60. The molecule has 0 aliphatic carbocycles. The van der Waals surface area contributed by atoms with Gasteiger partial charge in [-0.2, -0.15) is 0 Å². The second kappa shape index (κ2) is 9.71. The summed E-state index contributed by atoms with van der Waals surface area (Å²) >= 11 is 0. The van der Waals surface area contributed by atoms with Crippen LogP contribution >= 0.6 is 0 Å². The Morgan fingerprint density at radius 2 is 1.06 bits per heavy atom. The molecule has 1 aliphatic heterocycles. The van der Waals surface area contributed by atoms with Crippen LogP contribution in [0.15, 0.2) is 103 Å². The van der Waals surface area contributed by atoms with E-state index in [2.05, 4.69) is 110 Å². The minimum atomic E-state index is 0.100. The standard InChI is InChI=1S/C32H31NO2/c1-22-5-9-24(10-6-22)30-21-31(25-11-17-28(34-3)18-12-25)33(27-15-7-23(2)8-16-27)32(30)26-13-19-29(35-4)20-14-26/h5-21,30,32H,1-4H3. The third kappa shape index (κ3) is 4.54. The van der Waals surface area contributed by atoms with Crippen LogP contribution < -0.4 is 14.4 Å². The summed E-state index contributed by atoms with van der Waals surface area (Å²) in [4.78, 5) is 2.48. The molecule has 0 radical (unpaired) electrons. The zero-order valence-electron chi connectivity index (χ0n) is 20.7. The van der Waals surface area contributed by atoms with Crippen molar-refractivity contribution >= 4 is 11.4 Å². The van der Waals surface area contributed by atoms with E-state index >= 15 is 0 Å². The van der Waals surface area contributed by atoms with Crippen LogP contribution in [0.25, 0.3) is 5.70 Å². The van der Waals surface area contributed by atoms with Crippen molar-refractivity contribution in [2.45, 2.75) is 25.8 Å². The van der Waals surface area contributed by atoms with Crippen LogP contribution in [0.3, 0.4) is 0 Å². The molecule has 176 valence electrons. The predicted octanol–water partition coefficient (Wildman–Crippen LogP) is 7.71. The quantitative estimate of drug-likeness (QED) is 0.294. The van der Waals surface area contributed by atoms with E-state index in [-0.39, 0.29) is 12.0 Å². The van der Waals surface area contributed by atoms with Gasteiger partial charge in [-0.05, 0) is 79.1 Å². The maximum atomic E-state index is 5.45. The van der Waals surface area contributed by atoms with Gasteiger partial charge in [0, 0.05) is 17.3 Å². The van der Waals surface area contributed by atoms with Gasteiger partial charge in [0.1, 0.15) is 11.5 Å². The maximum absolute atomic E-state index is 5.45. The first-order valence-electron chi connectivity index (χ1n) is 12.0. The summed E-state index contributed by atoms with van der Waals surface area (Å²) in [6.45, 7) is 4.26. The Balaban J connectivity index is 1.69. The summed E-state index contributed by atoms with van der Waals surface area (Å²) in [6.07, 6.45) is 2.42. The first kappa shape index (κ1) is 22.8. The molecule has 0 saturated carbocycles. The van der Waals surface area contributed by atoms with Gasteiger partial charge in [0.2, 0.25) is 0 Å². The number of ether oxygens (including phenoxy) is 2. The second-order valence-electron chi connectivity index (χ2n) is 9.14. The Hall–Kier alpha value is -3.98. The van der Waals surface area contributed by atoms with Gasteiger partial charge in [0.25, 0.3) is 0 Å². The molecule has 35 heavy (non-hydrogen) atoms. The summed E-state index contributed by atoms with van der Waals surface area (Å²) in [5.74, 6) is 1.90. The van der Waals surface area contributed by atoms with Gasteiger partial charge in [0.15, 0.2) is 0 Å². The van der Waals surface area contributed by atoms with Crippen LogP contribution in [0.5, 0.6) is 11.5 Å². The van der Waals surface area contributed by atoms with Crippen LogP contribution in [0.4, 0.5) is 5.69 Å². The van der Waals surface area contributed by atoms with Crippen LogP contribution in [0.1, 0.15) is 39.8 Å². The van der Waals surface area contributed by atoms with E-state index in [1.165, 1.54) is 39.2 Å². The van der Waals surface area contributed by atoms with Gasteiger partial charge in [0.05, 0.1) is 20.3 Å². The molecule has 3 heteroatoms. The largest absolute Gasteiger partial charge is 0.497 e. The highest BCUT2D eigenvalue weighted by Gasteiger charge is 2.38. The molecule has 0 saturated heterocycles. The zero-order chi connectivity index (χ0) is 24.4. The number of benzene rings is 4. The molecule has 0 bridgehead atoms. The van der Waals surface area contributed by atoms with Crippen LogP contribution in [0.2, 0.25) is 0 Å². The molecule has 4 aromatic carbocycles. The lowest BCUT2D eigenvalue weighted by Gasteiger charge is -2.34. The number of hydrogen-bond acceptors (Lipinski definition) is 3. The summed E-state index contributed by atoms with van der Waals surface area (Å²) in [6, 6.07) is 34.7. The van der Waals surface area contributed by atoms with E-state index in [1.54, 1.807) is 14.2 Å².